The van der Waals surface area contributed by atoms with E-state index in [2.05, 4.69) is 15.4 Å². The van der Waals surface area contributed by atoms with E-state index in [1.165, 1.54) is 18.2 Å². The highest BCUT2D eigenvalue weighted by Crippen LogP contribution is 2.45. The van der Waals surface area contributed by atoms with Gasteiger partial charge in [0.25, 0.3) is 0 Å². The summed E-state index contributed by atoms with van der Waals surface area (Å²) < 4.78 is 74.4. The van der Waals surface area contributed by atoms with Crippen molar-refractivity contribution in [2.24, 2.45) is 11.8 Å². The number of benzene rings is 1. The Morgan fingerprint density at radius 3 is 2.64 bits per heavy atom. The first-order valence-corrected chi connectivity index (χ1v) is 13.5. The second-order valence-electron chi connectivity index (χ2n) is 10.8. The van der Waals surface area contributed by atoms with Crippen LogP contribution < -0.4 is 15.4 Å². The Labute approximate surface area is 226 Å². The Hall–Kier alpha value is -2.18. The maximum atomic E-state index is 13.3. The topological polar surface area (TPSA) is 83.1 Å². The molecular formula is C27H40F5N3O4. The van der Waals surface area contributed by atoms with Crippen LogP contribution in [0.1, 0.15) is 56.9 Å². The lowest BCUT2D eigenvalue weighted by Gasteiger charge is -2.43. The molecule has 0 unspecified atom stereocenters. The molecule has 1 aliphatic heterocycles. The largest absolute Gasteiger partial charge is 0.573 e. The molecule has 0 bridgehead atoms. The fourth-order valence-corrected chi connectivity index (χ4v) is 5.80. The standard InChI is InChI=1S/C27H40F5N3O4/c1-33-17-22(13-19-15-25(28,29)16-19)34-24(36)35-11-6-8-21(18-35)26(37,10-3-4-12-38-2)20-7-5-9-23(14-20)39-27(30,31)32/h5,7,9,14,19,21-22,33,37H,3-4,6,8,10-13,15-18H2,1-2H3,(H,34,36)/t21-,22+,26+/m1/s1. The number of carbonyl (C=O) groups excluding carboxylic acids is 1. The molecule has 1 aliphatic carbocycles. The lowest BCUT2D eigenvalue weighted by Crippen LogP contribution is -2.54. The van der Waals surface area contributed by atoms with Gasteiger partial charge in [-0.3, -0.25) is 0 Å². The summed E-state index contributed by atoms with van der Waals surface area (Å²) in [5.74, 6) is -3.64. The predicted molar refractivity (Wildman–Crippen MR) is 136 cm³/mol. The van der Waals surface area contributed by atoms with Crippen LogP contribution in [-0.2, 0) is 10.3 Å². The number of nitrogens with zero attached hydrogens (tertiary/aromatic N) is 1. The number of ether oxygens (including phenoxy) is 2. The van der Waals surface area contributed by atoms with Crippen LogP contribution in [0.5, 0.6) is 5.75 Å². The van der Waals surface area contributed by atoms with Crippen molar-refractivity contribution in [1.82, 2.24) is 15.5 Å². The average molecular weight is 566 g/mol. The Bertz CT molecular complexity index is 927. The minimum atomic E-state index is -4.87. The van der Waals surface area contributed by atoms with Crippen LogP contribution in [-0.4, -0.2) is 74.8 Å². The van der Waals surface area contributed by atoms with Gasteiger partial charge in [-0.25, -0.2) is 13.6 Å². The molecule has 1 saturated heterocycles. The molecular weight excluding hydrogens is 525 g/mol. The van der Waals surface area contributed by atoms with Crippen molar-refractivity contribution in [2.45, 2.75) is 75.3 Å². The number of unbranched alkanes of at least 4 members (excludes halogenated alkanes) is 1. The van der Waals surface area contributed by atoms with Crippen molar-refractivity contribution < 1.29 is 41.3 Å². The zero-order chi connectivity index (χ0) is 28.7. The number of alkyl halides is 5. The molecule has 1 heterocycles. The van der Waals surface area contributed by atoms with Gasteiger partial charge in [0.05, 0.1) is 5.60 Å². The van der Waals surface area contributed by atoms with Crippen molar-refractivity contribution in [3.63, 3.8) is 0 Å². The quantitative estimate of drug-likeness (QED) is 0.231. The highest BCUT2D eigenvalue weighted by atomic mass is 19.4. The molecule has 222 valence electrons. The van der Waals surface area contributed by atoms with Crippen molar-refractivity contribution in [2.75, 3.05) is 40.4 Å². The van der Waals surface area contributed by atoms with E-state index in [-0.39, 0.29) is 43.8 Å². The average Bonchev–Trinajstić information content (AvgIpc) is 2.84. The maximum absolute atomic E-state index is 13.3. The van der Waals surface area contributed by atoms with Crippen LogP contribution in [0.3, 0.4) is 0 Å². The van der Waals surface area contributed by atoms with E-state index < -0.39 is 29.6 Å². The Kier molecular flexibility index (Phi) is 10.8. The minimum Gasteiger partial charge on any atom is -0.406 e. The van der Waals surface area contributed by atoms with Gasteiger partial charge in [0.1, 0.15) is 5.75 Å². The molecule has 2 fully saturated rings. The van der Waals surface area contributed by atoms with Crippen LogP contribution in [0.25, 0.3) is 0 Å². The Balaban J connectivity index is 1.73. The van der Waals surface area contributed by atoms with Crippen LogP contribution in [0, 0.1) is 11.8 Å². The van der Waals surface area contributed by atoms with Gasteiger partial charge in [0, 0.05) is 58.2 Å². The number of halogens is 5. The fourth-order valence-electron chi connectivity index (χ4n) is 5.80. The van der Waals surface area contributed by atoms with Gasteiger partial charge in [0.2, 0.25) is 5.92 Å². The first-order valence-electron chi connectivity index (χ1n) is 13.5. The molecule has 3 rings (SSSR count). The number of piperidine rings is 1. The van der Waals surface area contributed by atoms with E-state index in [4.69, 9.17) is 4.74 Å². The molecule has 1 aromatic carbocycles. The number of aliphatic hydroxyl groups is 1. The molecule has 12 heteroatoms. The number of likely N-dealkylation sites (tertiary alicyclic amines) is 1. The molecule has 3 N–H and O–H groups in total. The minimum absolute atomic E-state index is 0.156. The number of likely N-dealkylation sites (N-methyl/N-ethyl adjacent to an activating group) is 1. The van der Waals surface area contributed by atoms with Crippen molar-refractivity contribution in [3.05, 3.63) is 29.8 Å². The van der Waals surface area contributed by atoms with Gasteiger partial charge in [-0.2, -0.15) is 0 Å². The van der Waals surface area contributed by atoms with Crippen LogP contribution in [0.4, 0.5) is 26.7 Å². The Morgan fingerprint density at radius 1 is 1.26 bits per heavy atom. The first-order chi connectivity index (χ1) is 18.3. The number of carbonyl (C=O) groups is 1. The summed E-state index contributed by atoms with van der Waals surface area (Å²) in [4.78, 5) is 14.8. The summed E-state index contributed by atoms with van der Waals surface area (Å²) in [6.45, 7) is 1.56. The summed E-state index contributed by atoms with van der Waals surface area (Å²) in [6, 6.07) is 4.71. The van der Waals surface area contributed by atoms with Crippen LogP contribution in [0.2, 0.25) is 0 Å². The van der Waals surface area contributed by atoms with Crippen LogP contribution in [0.15, 0.2) is 24.3 Å². The Morgan fingerprint density at radius 2 is 2.00 bits per heavy atom. The smallest absolute Gasteiger partial charge is 0.406 e. The van der Waals surface area contributed by atoms with Gasteiger partial charge >= 0.3 is 12.4 Å². The molecule has 7 nitrogen and oxygen atoms in total. The normalized spacial score (nSPS) is 22.1. The third kappa shape index (κ3) is 9.18. The predicted octanol–water partition coefficient (Wildman–Crippen LogP) is 5.03. The summed E-state index contributed by atoms with van der Waals surface area (Å²) in [5, 5.41) is 17.9. The molecule has 39 heavy (non-hydrogen) atoms. The lowest BCUT2D eigenvalue weighted by molar-refractivity contribution is -0.274. The van der Waals surface area contributed by atoms with Gasteiger partial charge in [-0.1, -0.05) is 12.1 Å². The highest BCUT2D eigenvalue weighted by Gasteiger charge is 2.46. The molecule has 0 aromatic heterocycles. The first kappa shape index (κ1) is 31.3. The zero-order valence-corrected chi connectivity index (χ0v) is 22.5. The number of hydrogen-bond donors (Lipinski definition) is 3. The van der Waals surface area contributed by atoms with Gasteiger partial charge < -0.3 is 30.1 Å². The number of urea groups is 1. The van der Waals surface area contributed by atoms with Crippen LogP contribution >= 0.6 is 0 Å². The monoisotopic (exact) mass is 565 g/mol. The van der Waals surface area contributed by atoms with E-state index in [9.17, 15) is 31.9 Å². The van der Waals surface area contributed by atoms with Gasteiger partial charge in [-0.05, 0) is 69.2 Å². The van der Waals surface area contributed by atoms with E-state index >= 15 is 0 Å². The van der Waals surface area contributed by atoms with E-state index in [0.717, 1.165) is 0 Å². The van der Waals surface area contributed by atoms with Gasteiger partial charge in [-0.15, -0.1) is 13.2 Å². The summed E-state index contributed by atoms with van der Waals surface area (Å²) >= 11 is 0. The van der Waals surface area contributed by atoms with E-state index in [0.29, 0.717) is 57.4 Å². The molecule has 2 aliphatic rings. The third-order valence-electron chi connectivity index (χ3n) is 7.68. The van der Waals surface area contributed by atoms with Crippen molar-refractivity contribution in [1.29, 1.82) is 0 Å². The molecule has 0 spiro atoms. The maximum Gasteiger partial charge on any atom is 0.573 e. The van der Waals surface area contributed by atoms with E-state index in [1.807, 2.05) is 0 Å². The summed E-state index contributed by atoms with van der Waals surface area (Å²) in [5.41, 5.74) is -1.20. The highest BCUT2D eigenvalue weighted by molar-refractivity contribution is 5.74. The number of rotatable bonds is 13. The SMILES string of the molecule is CNC[C@H](CC1CC(F)(F)C1)NC(=O)N1CCC[C@@H]([C@](O)(CCCCOC)c2cccc(OC(F)(F)F)c2)C1. The molecule has 1 saturated carbocycles. The molecule has 2 amide bonds. The van der Waals surface area contributed by atoms with Gasteiger partial charge in [0.15, 0.2) is 0 Å². The molecule has 0 radical (unpaired) electrons. The lowest BCUT2D eigenvalue weighted by atomic mass is 9.74. The summed E-state index contributed by atoms with van der Waals surface area (Å²) in [6.07, 6.45) is -2.12. The van der Waals surface area contributed by atoms with Crippen molar-refractivity contribution >= 4 is 6.03 Å². The molecule has 1 aromatic rings. The van der Waals surface area contributed by atoms with E-state index in [1.54, 1.807) is 25.1 Å². The second-order valence-corrected chi connectivity index (χ2v) is 10.8. The zero-order valence-electron chi connectivity index (χ0n) is 22.5. The van der Waals surface area contributed by atoms with Crippen molar-refractivity contribution in [3.8, 4) is 5.75 Å². The fraction of sp³-hybridized carbons (Fsp3) is 0.741. The second kappa shape index (κ2) is 13.5. The number of methoxy groups -OCH3 is 1. The number of nitrogens with one attached hydrogen (secondary N) is 2. The molecule has 3 atom stereocenters. The number of amides is 2. The summed E-state index contributed by atoms with van der Waals surface area (Å²) in [7, 11) is 3.30. The third-order valence-corrected chi connectivity index (χ3v) is 7.68. The number of hydrogen-bond acceptors (Lipinski definition) is 5.